The molecule has 0 saturated carbocycles. The van der Waals surface area contributed by atoms with E-state index in [1.807, 2.05) is 32.3 Å². The van der Waals surface area contributed by atoms with E-state index < -0.39 is 0 Å². The molecule has 0 spiro atoms. The Morgan fingerprint density at radius 3 is 2.95 bits per heavy atom. The fourth-order valence-electron chi connectivity index (χ4n) is 2.18. The van der Waals surface area contributed by atoms with Crippen molar-refractivity contribution < 1.29 is 9.21 Å². The highest BCUT2D eigenvalue weighted by Crippen LogP contribution is 2.28. The molecule has 0 bridgehead atoms. The summed E-state index contributed by atoms with van der Waals surface area (Å²) < 4.78 is 7.06. The van der Waals surface area contributed by atoms with E-state index in [4.69, 9.17) is 4.42 Å². The Morgan fingerprint density at radius 2 is 2.32 bits per heavy atom. The molecule has 0 saturated heterocycles. The van der Waals surface area contributed by atoms with Gasteiger partial charge < -0.3 is 9.32 Å². The molecule has 0 aliphatic heterocycles. The smallest absolute Gasteiger partial charge is 0.273 e. The van der Waals surface area contributed by atoms with Crippen LogP contribution in [-0.2, 0) is 13.6 Å². The van der Waals surface area contributed by atoms with Gasteiger partial charge >= 0.3 is 0 Å². The molecule has 0 aromatic carbocycles. The lowest BCUT2D eigenvalue weighted by Crippen LogP contribution is -2.26. The Hall–Kier alpha value is -2.41. The van der Waals surface area contributed by atoms with Gasteiger partial charge in [-0.2, -0.15) is 5.10 Å². The minimum Gasteiger partial charge on any atom is -0.462 e. The Morgan fingerprint density at radius 1 is 1.50 bits per heavy atom. The van der Waals surface area contributed by atoms with Crippen molar-refractivity contribution in [2.24, 2.45) is 7.05 Å². The van der Waals surface area contributed by atoms with Gasteiger partial charge in [0.05, 0.1) is 12.5 Å². The molecule has 0 N–H and O–H groups in total. The monoisotopic (exact) mass is 316 g/mol. The number of thiazole rings is 1. The molecule has 0 aliphatic carbocycles. The summed E-state index contributed by atoms with van der Waals surface area (Å²) in [6.07, 6.45) is 5.25. The average molecular weight is 316 g/mol. The number of carbonyl (C=O) groups excluding carboxylic acids is 1. The van der Waals surface area contributed by atoms with Crippen molar-refractivity contribution in [1.29, 1.82) is 0 Å². The largest absolute Gasteiger partial charge is 0.462 e. The van der Waals surface area contributed by atoms with Crippen LogP contribution in [0, 0.1) is 6.92 Å². The molecule has 0 unspecified atom stereocenters. The van der Waals surface area contributed by atoms with Crippen LogP contribution in [0.25, 0.3) is 10.8 Å². The zero-order valence-corrected chi connectivity index (χ0v) is 13.4. The van der Waals surface area contributed by atoms with E-state index in [-0.39, 0.29) is 5.91 Å². The van der Waals surface area contributed by atoms with Crippen molar-refractivity contribution in [3.8, 4) is 10.8 Å². The van der Waals surface area contributed by atoms with Gasteiger partial charge in [-0.05, 0) is 19.1 Å². The molecular formula is C15H16N4O2S. The Labute approximate surface area is 132 Å². The number of aryl methyl sites for hydroxylation is 2. The molecule has 1 amide bonds. The van der Waals surface area contributed by atoms with Crippen molar-refractivity contribution in [3.63, 3.8) is 0 Å². The van der Waals surface area contributed by atoms with Crippen LogP contribution in [0.4, 0.5) is 0 Å². The molecular weight excluding hydrogens is 300 g/mol. The van der Waals surface area contributed by atoms with Gasteiger partial charge in [0.15, 0.2) is 10.8 Å². The number of furan rings is 1. The van der Waals surface area contributed by atoms with E-state index in [1.165, 1.54) is 11.3 Å². The lowest BCUT2D eigenvalue weighted by molar-refractivity contribution is 0.0779. The third kappa shape index (κ3) is 2.80. The molecule has 22 heavy (non-hydrogen) atoms. The fourth-order valence-corrected chi connectivity index (χ4v) is 3.05. The highest BCUT2D eigenvalue weighted by atomic mass is 32.1. The van der Waals surface area contributed by atoms with Crippen molar-refractivity contribution in [2.75, 3.05) is 7.05 Å². The molecule has 3 aromatic heterocycles. The van der Waals surface area contributed by atoms with Crippen molar-refractivity contribution in [1.82, 2.24) is 19.7 Å². The molecule has 7 heteroatoms. The molecule has 3 rings (SSSR count). The van der Waals surface area contributed by atoms with Gasteiger partial charge in [0.25, 0.3) is 5.91 Å². The molecule has 0 fully saturated rings. The van der Waals surface area contributed by atoms with E-state index >= 15 is 0 Å². The molecule has 0 aliphatic rings. The van der Waals surface area contributed by atoms with Crippen LogP contribution in [0.3, 0.4) is 0 Å². The first-order valence-electron chi connectivity index (χ1n) is 6.79. The van der Waals surface area contributed by atoms with Crippen LogP contribution < -0.4 is 0 Å². The van der Waals surface area contributed by atoms with Gasteiger partial charge in [0, 0.05) is 37.3 Å². The quantitative estimate of drug-likeness (QED) is 0.742. The maximum Gasteiger partial charge on any atom is 0.273 e. The van der Waals surface area contributed by atoms with Crippen LogP contribution in [0.5, 0.6) is 0 Å². The third-order valence-electron chi connectivity index (χ3n) is 3.26. The highest BCUT2D eigenvalue weighted by molar-refractivity contribution is 7.15. The Balaban J connectivity index is 1.79. The summed E-state index contributed by atoms with van der Waals surface area (Å²) >= 11 is 1.46. The zero-order chi connectivity index (χ0) is 15.7. The maximum atomic E-state index is 12.6. The predicted octanol–water partition coefficient (Wildman–Crippen LogP) is 2.72. The minimum atomic E-state index is -0.101. The van der Waals surface area contributed by atoms with Crippen molar-refractivity contribution in [2.45, 2.75) is 13.5 Å². The molecule has 3 aromatic rings. The van der Waals surface area contributed by atoms with E-state index in [0.717, 1.165) is 15.4 Å². The standard InChI is InChI=1S/C15H16N4O2S/c1-10-13(17-14(22-10)12-5-4-6-21-12)15(20)18(2)8-11-7-16-19(3)9-11/h4-7,9H,8H2,1-3H3. The Bertz CT molecular complexity index is 788. The van der Waals surface area contributed by atoms with E-state index in [1.54, 1.807) is 29.1 Å². The van der Waals surface area contributed by atoms with Crippen LogP contribution in [0.1, 0.15) is 20.9 Å². The second kappa shape index (κ2) is 5.76. The molecule has 3 heterocycles. The highest BCUT2D eigenvalue weighted by Gasteiger charge is 2.21. The lowest BCUT2D eigenvalue weighted by atomic mass is 10.3. The first-order chi connectivity index (χ1) is 10.5. The van der Waals surface area contributed by atoms with Gasteiger partial charge in [-0.1, -0.05) is 0 Å². The van der Waals surface area contributed by atoms with Crippen molar-refractivity contribution in [3.05, 3.63) is 46.9 Å². The number of carbonyl (C=O) groups is 1. The van der Waals surface area contributed by atoms with Gasteiger partial charge in [0.2, 0.25) is 0 Å². The fraction of sp³-hybridized carbons (Fsp3) is 0.267. The summed E-state index contributed by atoms with van der Waals surface area (Å²) in [6.45, 7) is 2.40. The predicted molar refractivity (Wildman–Crippen MR) is 83.6 cm³/mol. The lowest BCUT2D eigenvalue weighted by Gasteiger charge is -2.15. The van der Waals surface area contributed by atoms with Crippen LogP contribution in [0.15, 0.2) is 35.2 Å². The summed E-state index contributed by atoms with van der Waals surface area (Å²) in [4.78, 5) is 19.5. The summed E-state index contributed by atoms with van der Waals surface area (Å²) in [5.41, 5.74) is 1.46. The first kappa shape index (κ1) is 14.5. The zero-order valence-electron chi connectivity index (χ0n) is 12.6. The second-order valence-electron chi connectivity index (χ2n) is 5.08. The van der Waals surface area contributed by atoms with Gasteiger partial charge in [-0.25, -0.2) is 4.98 Å². The minimum absolute atomic E-state index is 0.101. The van der Waals surface area contributed by atoms with Gasteiger partial charge in [-0.15, -0.1) is 11.3 Å². The van der Waals surface area contributed by atoms with Crippen LogP contribution in [-0.4, -0.2) is 32.6 Å². The van der Waals surface area contributed by atoms with Gasteiger partial charge in [0.1, 0.15) is 5.69 Å². The molecule has 114 valence electrons. The average Bonchev–Trinajstić information content (AvgIpc) is 3.19. The summed E-state index contributed by atoms with van der Waals surface area (Å²) in [5.74, 6) is 0.581. The normalized spacial score (nSPS) is 10.9. The number of hydrogen-bond acceptors (Lipinski definition) is 5. The number of nitrogens with zero attached hydrogens (tertiary/aromatic N) is 4. The summed E-state index contributed by atoms with van der Waals surface area (Å²) in [7, 11) is 3.62. The number of rotatable bonds is 4. The maximum absolute atomic E-state index is 12.6. The van der Waals surface area contributed by atoms with Crippen LogP contribution in [0.2, 0.25) is 0 Å². The van der Waals surface area contributed by atoms with Gasteiger partial charge in [-0.3, -0.25) is 9.48 Å². The van der Waals surface area contributed by atoms with Crippen LogP contribution >= 0.6 is 11.3 Å². The topological polar surface area (TPSA) is 64.2 Å². The number of amides is 1. The Kier molecular flexibility index (Phi) is 3.81. The van der Waals surface area contributed by atoms with E-state index in [9.17, 15) is 4.79 Å². The molecule has 0 radical (unpaired) electrons. The van der Waals surface area contributed by atoms with Crippen molar-refractivity contribution >= 4 is 17.2 Å². The summed E-state index contributed by atoms with van der Waals surface area (Å²) in [6, 6.07) is 3.65. The second-order valence-corrected chi connectivity index (χ2v) is 6.29. The first-order valence-corrected chi connectivity index (χ1v) is 7.60. The molecule has 6 nitrogen and oxygen atoms in total. The summed E-state index contributed by atoms with van der Waals surface area (Å²) in [5, 5.41) is 4.83. The SMILES string of the molecule is Cc1sc(-c2ccco2)nc1C(=O)N(C)Cc1cnn(C)c1. The number of hydrogen-bond donors (Lipinski definition) is 0. The van der Waals surface area contributed by atoms with E-state index in [2.05, 4.69) is 10.1 Å². The van der Waals surface area contributed by atoms with E-state index in [0.29, 0.717) is 18.0 Å². The number of aromatic nitrogens is 3. The third-order valence-corrected chi connectivity index (χ3v) is 4.24. The molecule has 0 atom stereocenters.